The second-order valence-electron chi connectivity index (χ2n) is 10.7. The Morgan fingerprint density at radius 1 is 0.619 bits per heavy atom. The van der Waals surface area contributed by atoms with Crippen molar-refractivity contribution in [1.29, 1.82) is 0 Å². The Morgan fingerprint density at radius 2 is 1.10 bits per heavy atom. The molecule has 2 heterocycles. The summed E-state index contributed by atoms with van der Waals surface area (Å²) in [4.78, 5) is 56.3. The zero-order chi connectivity index (χ0) is 29.6. The van der Waals surface area contributed by atoms with E-state index in [1.54, 1.807) is 0 Å². The highest BCUT2D eigenvalue weighted by molar-refractivity contribution is 5.98. The van der Waals surface area contributed by atoms with E-state index in [2.05, 4.69) is 16.0 Å². The average molecular weight is 575 g/mol. The minimum atomic E-state index is -1.28. The van der Waals surface area contributed by atoms with Gasteiger partial charge in [0.15, 0.2) is 0 Å². The average Bonchev–Trinajstić information content (AvgIpc) is 3.46. The van der Waals surface area contributed by atoms with Gasteiger partial charge in [0.05, 0.1) is 0 Å². The van der Waals surface area contributed by atoms with Crippen molar-refractivity contribution in [2.75, 3.05) is 6.54 Å². The van der Waals surface area contributed by atoms with Crippen LogP contribution in [0.15, 0.2) is 78.9 Å². The summed E-state index contributed by atoms with van der Waals surface area (Å²) < 4.78 is 28.0. The van der Waals surface area contributed by atoms with Gasteiger partial charge in [-0.3, -0.25) is 19.2 Å². The number of fused-ring (bicyclic) bond motifs is 1. The van der Waals surface area contributed by atoms with Crippen LogP contribution in [0, 0.1) is 11.6 Å². The summed E-state index contributed by atoms with van der Waals surface area (Å²) in [7, 11) is 0. The summed E-state index contributed by atoms with van der Waals surface area (Å²) in [6.07, 6.45) is 1.08. The standard InChI is InChI=1S/C32H32F2N4O4/c33-23-14-22(15-24(34)19-23)18-26-30(40)37-27(17-21-10-5-2-6-11-21)32(42)38-13-7-12-28(38)31(41)36-25(29(39)35-26)16-20-8-3-1-4-9-20/h1-6,8-11,14-15,19,25-28H,7,12-13,16-18H2,(H,35,39)(H,36,41)(H,37,40)/t25-,26+,27-,28+/m0/s1. The summed E-state index contributed by atoms with van der Waals surface area (Å²) in [5, 5.41) is 8.28. The van der Waals surface area contributed by atoms with Gasteiger partial charge in [-0.15, -0.1) is 0 Å². The van der Waals surface area contributed by atoms with E-state index in [4.69, 9.17) is 0 Å². The Balaban J connectivity index is 1.50. The fourth-order valence-electron chi connectivity index (χ4n) is 5.60. The van der Waals surface area contributed by atoms with Gasteiger partial charge < -0.3 is 20.9 Å². The van der Waals surface area contributed by atoms with Gasteiger partial charge in [0.2, 0.25) is 23.6 Å². The molecule has 4 atom stereocenters. The maximum absolute atomic E-state index is 14.0. The Kier molecular flexibility index (Phi) is 8.90. The second-order valence-corrected chi connectivity index (χ2v) is 10.7. The Hall–Kier alpha value is -4.60. The number of halogens is 2. The smallest absolute Gasteiger partial charge is 0.246 e. The molecular formula is C32H32F2N4O4. The molecule has 2 saturated heterocycles. The van der Waals surface area contributed by atoms with Crippen LogP contribution in [0.25, 0.3) is 0 Å². The number of nitrogens with zero attached hydrogens (tertiary/aromatic N) is 1. The largest absolute Gasteiger partial charge is 0.342 e. The van der Waals surface area contributed by atoms with E-state index in [0.717, 1.165) is 29.3 Å². The van der Waals surface area contributed by atoms with Crippen LogP contribution in [-0.2, 0) is 38.4 Å². The van der Waals surface area contributed by atoms with Gasteiger partial charge in [-0.05, 0) is 41.7 Å². The number of carbonyl (C=O) groups is 4. The molecule has 0 unspecified atom stereocenters. The topological polar surface area (TPSA) is 108 Å². The van der Waals surface area contributed by atoms with Crippen LogP contribution in [0.1, 0.15) is 29.5 Å². The Labute approximate surface area is 242 Å². The van der Waals surface area contributed by atoms with Crippen LogP contribution in [0.3, 0.4) is 0 Å². The molecule has 3 aromatic rings. The molecule has 2 aliphatic heterocycles. The first kappa shape index (κ1) is 28.9. The van der Waals surface area contributed by atoms with E-state index < -0.39 is 59.4 Å². The van der Waals surface area contributed by atoms with Crippen molar-refractivity contribution in [2.24, 2.45) is 0 Å². The number of rotatable bonds is 6. The van der Waals surface area contributed by atoms with Crippen molar-refractivity contribution in [2.45, 2.75) is 56.3 Å². The van der Waals surface area contributed by atoms with Gasteiger partial charge in [0.25, 0.3) is 0 Å². The van der Waals surface area contributed by atoms with Gasteiger partial charge in [0.1, 0.15) is 35.8 Å². The molecule has 4 amide bonds. The molecule has 2 aliphatic rings. The molecule has 8 nitrogen and oxygen atoms in total. The first-order valence-electron chi connectivity index (χ1n) is 14.0. The lowest BCUT2D eigenvalue weighted by atomic mass is 9.99. The normalized spacial score (nSPS) is 23.2. The number of amides is 4. The third kappa shape index (κ3) is 6.99. The van der Waals surface area contributed by atoms with E-state index in [-0.39, 0.29) is 24.8 Å². The first-order chi connectivity index (χ1) is 20.3. The zero-order valence-electron chi connectivity index (χ0n) is 22.9. The van der Waals surface area contributed by atoms with Crippen LogP contribution in [0.5, 0.6) is 0 Å². The van der Waals surface area contributed by atoms with E-state index >= 15 is 0 Å². The van der Waals surface area contributed by atoms with E-state index in [9.17, 15) is 28.0 Å². The quantitative estimate of drug-likeness (QED) is 0.421. The number of hydrogen-bond donors (Lipinski definition) is 3. The van der Waals surface area contributed by atoms with Crippen LogP contribution >= 0.6 is 0 Å². The lowest BCUT2D eigenvalue weighted by Crippen LogP contribution is -2.62. The predicted octanol–water partition coefficient (Wildman–Crippen LogP) is 2.45. The van der Waals surface area contributed by atoms with Crippen LogP contribution in [-0.4, -0.2) is 59.2 Å². The van der Waals surface area contributed by atoms with Gasteiger partial charge in [0, 0.05) is 31.9 Å². The molecule has 0 bridgehead atoms. The molecule has 3 aromatic carbocycles. The summed E-state index contributed by atoms with van der Waals surface area (Å²) >= 11 is 0. The summed E-state index contributed by atoms with van der Waals surface area (Å²) in [5.74, 6) is -3.81. The van der Waals surface area contributed by atoms with Crippen molar-refractivity contribution in [3.63, 3.8) is 0 Å². The highest BCUT2D eigenvalue weighted by Crippen LogP contribution is 2.21. The third-order valence-corrected chi connectivity index (χ3v) is 7.65. The fourth-order valence-corrected chi connectivity index (χ4v) is 5.60. The number of nitrogens with one attached hydrogen (secondary N) is 3. The summed E-state index contributed by atoms with van der Waals surface area (Å²) in [6, 6.07) is 16.9. The van der Waals surface area contributed by atoms with Gasteiger partial charge in [-0.1, -0.05) is 60.7 Å². The zero-order valence-corrected chi connectivity index (χ0v) is 22.9. The molecular weight excluding hydrogens is 542 g/mol. The van der Waals surface area contributed by atoms with E-state index in [1.807, 2.05) is 60.7 Å². The molecule has 42 heavy (non-hydrogen) atoms. The monoisotopic (exact) mass is 574 g/mol. The van der Waals surface area contributed by atoms with Crippen molar-refractivity contribution < 1.29 is 28.0 Å². The highest BCUT2D eigenvalue weighted by Gasteiger charge is 2.40. The van der Waals surface area contributed by atoms with Gasteiger partial charge >= 0.3 is 0 Å². The van der Waals surface area contributed by atoms with Crippen LogP contribution < -0.4 is 16.0 Å². The molecule has 0 radical (unpaired) electrons. The van der Waals surface area contributed by atoms with Crippen LogP contribution in [0.2, 0.25) is 0 Å². The lowest BCUT2D eigenvalue weighted by molar-refractivity contribution is -0.143. The van der Waals surface area contributed by atoms with Gasteiger partial charge in [-0.2, -0.15) is 0 Å². The minimum absolute atomic E-state index is 0.138. The highest BCUT2D eigenvalue weighted by atomic mass is 19.1. The van der Waals surface area contributed by atoms with Crippen molar-refractivity contribution >= 4 is 23.6 Å². The molecule has 218 valence electrons. The molecule has 10 heteroatoms. The Bertz CT molecular complexity index is 1430. The molecule has 0 aromatic heterocycles. The van der Waals surface area contributed by atoms with E-state index in [0.29, 0.717) is 19.4 Å². The van der Waals surface area contributed by atoms with Crippen molar-refractivity contribution in [3.8, 4) is 0 Å². The van der Waals surface area contributed by atoms with E-state index in [1.165, 1.54) is 4.90 Å². The predicted molar refractivity (Wildman–Crippen MR) is 151 cm³/mol. The summed E-state index contributed by atoms with van der Waals surface area (Å²) in [5.41, 5.74) is 1.72. The molecule has 2 fully saturated rings. The maximum Gasteiger partial charge on any atom is 0.246 e. The number of carbonyl (C=O) groups excluding carboxylic acids is 4. The van der Waals surface area contributed by atoms with Gasteiger partial charge in [-0.25, -0.2) is 8.78 Å². The molecule has 0 saturated carbocycles. The summed E-state index contributed by atoms with van der Waals surface area (Å²) in [6.45, 7) is 0.333. The number of hydrogen-bond acceptors (Lipinski definition) is 4. The number of benzene rings is 3. The van der Waals surface area contributed by atoms with Crippen molar-refractivity contribution in [3.05, 3.63) is 107 Å². The lowest BCUT2D eigenvalue weighted by Gasteiger charge is -2.32. The second kappa shape index (κ2) is 12.9. The Morgan fingerprint density at radius 3 is 1.67 bits per heavy atom. The fraction of sp³-hybridized carbons (Fsp3) is 0.312. The van der Waals surface area contributed by atoms with Crippen molar-refractivity contribution in [1.82, 2.24) is 20.9 Å². The molecule has 0 aliphatic carbocycles. The van der Waals surface area contributed by atoms with Crippen LogP contribution in [0.4, 0.5) is 8.78 Å². The first-order valence-corrected chi connectivity index (χ1v) is 14.0. The molecule has 5 rings (SSSR count). The third-order valence-electron chi connectivity index (χ3n) is 7.65. The minimum Gasteiger partial charge on any atom is -0.342 e. The maximum atomic E-state index is 14.0. The SMILES string of the molecule is O=C1N[C@H](Cc2cc(F)cc(F)c2)C(=O)N[C@@H](Cc2ccccc2)C(=O)N2CCC[C@@H]2C(=O)N[C@H]1Cc1ccccc1. The molecule has 3 N–H and O–H groups in total. The molecule has 0 spiro atoms.